The third-order valence-electron chi connectivity index (χ3n) is 2.71. The van der Waals surface area contributed by atoms with Crippen LogP contribution in [0.5, 0.6) is 0 Å². The molecule has 0 aliphatic carbocycles. The van der Waals surface area contributed by atoms with Gasteiger partial charge in [-0.3, -0.25) is 0 Å². The number of aliphatic hydroxyl groups is 1. The Morgan fingerprint density at radius 1 is 0.944 bits per heavy atom. The maximum atomic E-state index is 8.97. The Hall–Kier alpha value is -2.06. The molecule has 0 unspecified atom stereocenters. The van der Waals surface area contributed by atoms with Gasteiger partial charge in [0, 0.05) is 5.56 Å². The van der Waals surface area contributed by atoms with Gasteiger partial charge in [0.1, 0.15) is 12.4 Å². The lowest BCUT2D eigenvalue weighted by Gasteiger charge is -2.09. The average Bonchev–Trinajstić information content (AvgIpc) is 2.46. The van der Waals surface area contributed by atoms with Crippen molar-refractivity contribution in [1.29, 1.82) is 0 Å². The number of aliphatic hydroxyl groups excluding tert-OH is 1. The van der Waals surface area contributed by atoms with Crippen molar-refractivity contribution in [2.75, 3.05) is 0 Å². The normalized spacial score (nSPS) is 10.1. The Morgan fingerprint density at radius 2 is 1.61 bits per heavy atom. The summed E-state index contributed by atoms with van der Waals surface area (Å²) in [5.74, 6) is 0.642. The minimum atomic E-state index is 0.0532. The molecule has 0 saturated heterocycles. The lowest BCUT2D eigenvalue weighted by molar-refractivity contribution is 0.265. The van der Waals surface area contributed by atoms with E-state index in [2.05, 4.69) is 6.58 Å². The fourth-order valence-corrected chi connectivity index (χ4v) is 1.62. The highest BCUT2D eigenvalue weighted by atomic mass is 16.5. The molecule has 2 rings (SSSR count). The molecule has 0 amide bonds. The van der Waals surface area contributed by atoms with Crippen LogP contribution in [-0.4, -0.2) is 5.11 Å². The van der Waals surface area contributed by atoms with Crippen LogP contribution in [0.25, 0.3) is 5.76 Å². The molecule has 2 aromatic rings. The summed E-state index contributed by atoms with van der Waals surface area (Å²) < 4.78 is 5.63. The van der Waals surface area contributed by atoms with Crippen LogP contribution in [0.2, 0.25) is 0 Å². The van der Waals surface area contributed by atoms with Gasteiger partial charge in [-0.2, -0.15) is 0 Å². The highest BCUT2D eigenvalue weighted by Crippen LogP contribution is 2.16. The van der Waals surface area contributed by atoms with E-state index < -0.39 is 0 Å². The molecule has 0 saturated carbocycles. The number of hydrogen-bond acceptors (Lipinski definition) is 2. The summed E-state index contributed by atoms with van der Waals surface area (Å²) >= 11 is 0. The van der Waals surface area contributed by atoms with Crippen molar-refractivity contribution in [3.05, 3.63) is 77.9 Å². The standard InChI is InChI=1S/C16H16O2/c1-13(16-9-7-14(11-17)8-10-16)18-12-15-5-3-2-4-6-15/h2-10,17H,1,11-12H2. The molecule has 0 aromatic heterocycles. The van der Waals surface area contributed by atoms with Crippen molar-refractivity contribution >= 4 is 5.76 Å². The molecule has 1 N–H and O–H groups in total. The van der Waals surface area contributed by atoms with Crippen molar-refractivity contribution in [3.63, 3.8) is 0 Å². The van der Waals surface area contributed by atoms with E-state index in [0.717, 1.165) is 16.7 Å². The number of ether oxygens (including phenoxy) is 1. The highest BCUT2D eigenvalue weighted by molar-refractivity contribution is 5.57. The van der Waals surface area contributed by atoms with Gasteiger partial charge in [-0.25, -0.2) is 0 Å². The third kappa shape index (κ3) is 3.22. The Morgan fingerprint density at radius 3 is 2.22 bits per heavy atom. The van der Waals surface area contributed by atoms with Crippen LogP contribution < -0.4 is 0 Å². The second-order valence-electron chi connectivity index (χ2n) is 4.05. The van der Waals surface area contributed by atoms with Gasteiger partial charge in [0.25, 0.3) is 0 Å². The lowest BCUT2D eigenvalue weighted by atomic mass is 10.1. The summed E-state index contributed by atoms with van der Waals surface area (Å²) in [6, 6.07) is 17.5. The summed E-state index contributed by atoms with van der Waals surface area (Å²) in [7, 11) is 0. The molecule has 2 aromatic carbocycles. The van der Waals surface area contributed by atoms with Gasteiger partial charge < -0.3 is 9.84 Å². The topological polar surface area (TPSA) is 29.5 Å². The van der Waals surface area contributed by atoms with E-state index in [-0.39, 0.29) is 6.61 Å². The Labute approximate surface area is 107 Å². The zero-order chi connectivity index (χ0) is 12.8. The quantitative estimate of drug-likeness (QED) is 0.812. The van der Waals surface area contributed by atoms with Crippen LogP contribution >= 0.6 is 0 Å². The second kappa shape index (κ2) is 6.03. The maximum absolute atomic E-state index is 8.97. The van der Waals surface area contributed by atoms with Gasteiger partial charge in [0.05, 0.1) is 6.61 Å². The first kappa shape index (κ1) is 12.4. The van der Waals surface area contributed by atoms with E-state index >= 15 is 0 Å². The van der Waals surface area contributed by atoms with E-state index in [0.29, 0.717) is 12.4 Å². The average molecular weight is 240 g/mol. The molecule has 2 nitrogen and oxygen atoms in total. The first-order valence-electron chi connectivity index (χ1n) is 5.85. The molecular weight excluding hydrogens is 224 g/mol. The predicted octanol–water partition coefficient (Wildman–Crippen LogP) is 3.37. The number of rotatable bonds is 5. The van der Waals surface area contributed by atoms with Gasteiger partial charge in [0.15, 0.2) is 0 Å². The monoisotopic (exact) mass is 240 g/mol. The zero-order valence-corrected chi connectivity index (χ0v) is 10.2. The van der Waals surface area contributed by atoms with Crippen LogP contribution in [0.4, 0.5) is 0 Å². The van der Waals surface area contributed by atoms with Gasteiger partial charge in [0.2, 0.25) is 0 Å². The molecule has 0 aliphatic rings. The SMILES string of the molecule is C=C(OCc1ccccc1)c1ccc(CO)cc1. The first-order chi connectivity index (χ1) is 8.79. The maximum Gasteiger partial charge on any atom is 0.119 e. The lowest BCUT2D eigenvalue weighted by Crippen LogP contribution is -1.93. The summed E-state index contributed by atoms with van der Waals surface area (Å²) in [5.41, 5.74) is 2.93. The highest BCUT2D eigenvalue weighted by Gasteiger charge is 2.00. The van der Waals surface area contributed by atoms with Crippen LogP contribution in [-0.2, 0) is 18.0 Å². The van der Waals surface area contributed by atoms with E-state index in [1.54, 1.807) is 0 Å². The van der Waals surface area contributed by atoms with E-state index in [1.807, 2.05) is 54.6 Å². The van der Waals surface area contributed by atoms with Crippen LogP contribution in [0.1, 0.15) is 16.7 Å². The predicted molar refractivity (Wildman–Crippen MR) is 72.6 cm³/mol. The van der Waals surface area contributed by atoms with E-state index in [9.17, 15) is 0 Å². The minimum absolute atomic E-state index is 0.0532. The Kier molecular flexibility index (Phi) is 4.15. The molecule has 92 valence electrons. The van der Waals surface area contributed by atoms with Crippen molar-refractivity contribution in [2.45, 2.75) is 13.2 Å². The molecule has 0 spiro atoms. The molecule has 0 bridgehead atoms. The third-order valence-corrected chi connectivity index (χ3v) is 2.71. The first-order valence-corrected chi connectivity index (χ1v) is 5.85. The van der Waals surface area contributed by atoms with E-state index in [4.69, 9.17) is 9.84 Å². The van der Waals surface area contributed by atoms with Crippen molar-refractivity contribution in [1.82, 2.24) is 0 Å². The zero-order valence-electron chi connectivity index (χ0n) is 10.2. The van der Waals surface area contributed by atoms with Gasteiger partial charge >= 0.3 is 0 Å². The Balaban J connectivity index is 1.95. The molecule has 2 heteroatoms. The fraction of sp³-hybridized carbons (Fsp3) is 0.125. The summed E-state index contributed by atoms with van der Waals surface area (Å²) in [6.07, 6.45) is 0. The molecule has 0 atom stereocenters. The summed E-state index contributed by atoms with van der Waals surface area (Å²) in [6.45, 7) is 4.48. The molecular formula is C16H16O2. The molecule has 18 heavy (non-hydrogen) atoms. The van der Waals surface area contributed by atoms with Crippen molar-refractivity contribution in [2.24, 2.45) is 0 Å². The van der Waals surface area contributed by atoms with Gasteiger partial charge in [-0.05, 0) is 11.1 Å². The minimum Gasteiger partial charge on any atom is -0.489 e. The fourth-order valence-electron chi connectivity index (χ4n) is 1.62. The molecule has 0 fully saturated rings. The summed E-state index contributed by atoms with van der Waals surface area (Å²) in [5, 5.41) is 8.97. The molecule has 0 radical (unpaired) electrons. The van der Waals surface area contributed by atoms with Crippen molar-refractivity contribution < 1.29 is 9.84 Å². The van der Waals surface area contributed by atoms with Gasteiger partial charge in [-0.1, -0.05) is 61.2 Å². The summed E-state index contributed by atoms with van der Waals surface area (Å²) in [4.78, 5) is 0. The Bertz CT molecular complexity index is 500. The number of hydrogen-bond donors (Lipinski definition) is 1. The second-order valence-corrected chi connectivity index (χ2v) is 4.05. The van der Waals surface area contributed by atoms with Crippen LogP contribution in [0.15, 0.2) is 61.2 Å². The van der Waals surface area contributed by atoms with Crippen LogP contribution in [0.3, 0.4) is 0 Å². The number of benzene rings is 2. The smallest absolute Gasteiger partial charge is 0.119 e. The van der Waals surface area contributed by atoms with Crippen LogP contribution in [0, 0.1) is 0 Å². The molecule has 0 heterocycles. The van der Waals surface area contributed by atoms with Gasteiger partial charge in [-0.15, -0.1) is 0 Å². The largest absolute Gasteiger partial charge is 0.489 e. The van der Waals surface area contributed by atoms with Crippen molar-refractivity contribution in [3.8, 4) is 0 Å². The molecule has 0 aliphatic heterocycles. The van der Waals surface area contributed by atoms with E-state index in [1.165, 1.54) is 0 Å².